The number of rotatable bonds is 6. The van der Waals surface area contributed by atoms with Crippen molar-refractivity contribution in [3.05, 3.63) is 10.8 Å². The van der Waals surface area contributed by atoms with Gasteiger partial charge in [0.2, 0.25) is 0 Å². The third kappa shape index (κ3) is 4.57. The predicted octanol–water partition coefficient (Wildman–Crippen LogP) is 1.09. The molecule has 1 aromatic rings. The van der Waals surface area contributed by atoms with Crippen molar-refractivity contribution in [3.8, 4) is 0 Å². The molecule has 0 aromatic carbocycles. The van der Waals surface area contributed by atoms with Gasteiger partial charge in [0, 0.05) is 28.9 Å². The minimum atomic E-state index is -0.772. The Morgan fingerprint density at radius 2 is 2.18 bits per heavy atom. The summed E-state index contributed by atoms with van der Waals surface area (Å²) in [6.07, 6.45) is 3.93. The topological polar surface area (TPSA) is 92.9 Å². The Labute approximate surface area is 111 Å². The molecular formula is C9H16BrN5OS. The molecule has 1 aromatic heterocycles. The number of hydrogen-bond donors (Lipinski definition) is 3. The highest BCUT2D eigenvalue weighted by atomic mass is 79.9. The van der Waals surface area contributed by atoms with Crippen LogP contribution in [0.25, 0.3) is 0 Å². The van der Waals surface area contributed by atoms with Crippen LogP contribution in [0.2, 0.25) is 0 Å². The fourth-order valence-electron chi connectivity index (χ4n) is 1.22. The summed E-state index contributed by atoms with van der Waals surface area (Å²) in [5, 5.41) is 3.21. The van der Waals surface area contributed by atoms with Crippen molar-refractivity contribution in [3.63, 3.8) is 0 Å². The quantitative estimate of drug-likeness (QED) is 0.536. The van der Waals surface area contributed by atoms with Crippen LogP contribution in [0.1, 0.15) is 13.3 Å². The van der Waals surface area contributed by atoms with Crippen molar-refractivity contribution >= 4 is 38.4 Å². The fourth-order valence-corrected chi connectivity index (χ4v) is 2.34. The molecule has 0 amide bonds. The zero-order valence-corrected chi connectivity index (χ0v) is 12.1. The van der Waals surface area contributed by atoms with Gasteiger partial charge in [-0.1, -0.05) is 0 Å². The molecule has 4 N–H and O–H groups in total. The van der Waals surface area contributed by atoms with Gasteiger partial charge in [-0.15, -0.1) is 0 Å². The number of halogens is 1. The normalized spacial score (nSPS) is 14.1. The molecule has 0 spiro atoms. The average Bonchev–Trinajstić information content (AvgIpc) is 2.29. The Kier molecular flexibility index (Phi) is 5.79. The molecule has 6 nitrogen and oxygen atoms in total. The van der Waals surface area contributed by atoms with E-state index >= 15 is 0 Å². The van der Waals surface area contributed by atoms with E-state index in [1.54, 1.807) is 6.26 Å². The van der Waals surface area contributed by atoms with E-state index < -0.39 is 10.8 Å². The summed E-state index contributed by atoms with van der Waals surface area (Å²) in [5.74, 6) is 7.17. The van der Waals surface area contributed by atoms with Gasteiger partial charge in [-0.25, -0.2) is 15.8 Å². The van der Waals surface area contributed by atoms with Crippen molar-refractivity contribution in [2.45, 2.75) is 19.4 Å². The number of nitrogen functional groups attached to an aromatic ring is 1. The number of anilines is 2. The van der Waals surface area contributed by atoms with E-state index in [1.165, 1.54) is 6.33 Å². The second-order valence-corrected chi connectivity index (χ2v) is 5.99. The number of hydrogen-bond acceptors (Lipinski definition) is 6. The maximum Gasteiger partial charge on any atom is 0.159 e. The maximum atomic E-state index is 11.0. The first-order chi connectivity index (χ1) is 8.04. The van der Waals surface area contributed by atoms with E-state index in [9.17, 15) is 4.21 Å². The summed E-state index contributed by atoms with van der Waals surface area (Å²) >= 11 is 3.36. The highest BCUT2D eigenvalue weighted by Crippen LogP contribution is 2.26. The van der Waals surface area contributed by atoms with Crippen LogP contribution in [-0.2, 0) is 10.8 Å². The third-order valence-corrected chi connectivity index (χ3v) is 3.71. The van der Waals surface area contributed by atoms with E-state index in [0.717, 1.165) is 6.42 Å². The van der Waals surface area contributed by atoms with Gasteiger partial charge in [-0.05, 0) is 29.3 Å². The van der Waals surface area contributed by atoms with Gasteiger partial charge in [0.1, 0.15) is 16.6 Å². The molecule has 0 aliphatic rings. The molecule has 17 heavy (non-hydrogen) atoms. The van der Waals surface area contributed by atoms with Gasteiger partial charge in [0.15, 0.2) is 5.82 Å². The van der Waals surface area contributed by atoms with Crippen molar-refractivity contribution in [1.29, 1.82) is 0 Å². The molecule has 2 unspecified atom stereocenters. The Bertz CT molecular complexity index is 403. The minimum Gasteiger partial charge on any atom is -0.366 e. The zero-order chi connectivity index (χ0) is 12.8. The van der Waals surface area contributed by atoms with E-state index in [4.69, 9.17) is 5.84 Å². The highest BCUT2D eigenvalue weighted by Gasteiger charge is 2.10. The van der Waals surface area contributed by atoms with Crippen molar-refractivity contribution in [1.82, 2.24) is 9.97 Å². The zero-order valence-electron chi connectivity index (χ0n) is 9.74. The van der Waals surface area contributed by atoms with Crippen LogP contribution in [0.4, 0.5) is 11.6 Å². The number of nitrogens with one attached hydrogen (secondary N) is 2. The lowest BCUT2D eigenvalue weighted by molar-refractivity contribution is 0.678. The molecule has 0 bridgehead atoms. The maximum absolute atomic E-state index is 11.0. The van der Waals surface area contributed by atoms with Crippen molar-refractivity contribution in [2.24, 2.45) is 5.84 Å². The van der Waals surface area contributed by atoms with Crippen LogP contribution < -0.4 is 16.6 Å². The molecule has 0 radical (unpaired) electrons. The van der Waals surface area contributed by atoms with Gasteiger partial charge in [0.05, 0.1) is 0 Å². The van der Waals surface area contributed by atoms with Gasteiger partial charge in [-0.3, -0.25) is 4.21 Å². The van der Waals surface area contributed by atoms with Crippen molar-refractivity contribution in [2.75, 3.05) is 22.8 Å². The minimum absolute atomic E-state index is 0.177. The molecule has 1 heterocycles. The largest absolute Gasteiger partial charge is 0.366 e. The van der Waals surface area contributed by atoms with Crippen LogP contribution in [0.3, 0.4) is 0 Å². The second-order valence-electron chi connectivity index (χ2n) is 3.64. The number of nitrogens with zero attached hydrogens (tertiary/aromatic N) is 2. The van der Waals surface area contributed by atoms with Gasteiger partial charge in [0.25, 0.3) is 0 Å². The molecule has 0 fully saturated rings. The summed E-state index contributed by atoms with van der Waals surface area (Å²) in [6.45, 7) is 2.01. The fraction of sp³-hybridized carbons (Fsp3) is 0.556. The summed E-state index contributed by atoms with van der Waals surface area (Å²) in [5.41, 5.74) is 2.47. The predicted molar refractivity (Wildman–Crippen MR) is 74.2 cm³/mol. The number of nitrogens with two attached hydrogens (primary N) is 1. The molecule has 2 atom stereocenters. The van der Waals surface area contributed by atoms with E-state index in [0.29, 0.717) is 21.9 Å². The molecule has 8 heteroatoms. The summed E-state index contributed by atoms with van der Waals surface area (Å²) < 4.78 is 11.7. The third-order valence-electron chi connectivity index (χ3n) is 2.15. The molecule has 1 rings (SSSR count). The first-order valence-corrected chi connectivity index (χ1v) is 7.60. The van der Waals surface area contributed by atoms with Crippen LogP contribution in [0, 0.1) is 0 Å². The monoisotopic (exact) mass is 321 g/mol. The van der Waals surface area contributed by atoms with Crippen LogP contribution >= 0.6 is 15.9 Å². The Hall–Kier alpha value is -0.730. The van der Waals surface area contributed by atoms with E-state index in [2.05, 4.69) is 36.6 Å². The molecule has 96 valence electrons. The summed E-state index contributed by atoms with van der Waals surface area (Å²) in [7, 11) is -0.772. The number of aromatic nitrogens is 2. The summed E-state index contributed by atoms with van der Waals surface area (Å²) in [4.78, 5) is 8.07. The molecular weight excluding hydrogens is 306 g/mol. The lowest BCUT2D eigenvalue weighted by Gasteiger charge is -2.15. The van der Waals surface area contributed by atoms with Crippen LogP contribution in [-0.4, -0.2) is 32.2 Å². The molecule has 0 saturated heterocycles. The van der Waals surface area contributed by atoms with Crippen LogP contribution in [0.5, 0.6) is 0 Å². The highest BCUT2D eigenvalue weighted by molar-refractivity contribution is 9.10. The first kappa shape index (κ1) is 14.3. The van der Waals surface area contributed by atoms with Gasteiger partial charge in [-0.2, -0.15) is 0 Å². The average molecular weight is 322 g/mol. The van der Waals surface area contributed by atoms with E-state index in [-0.39, 0.29) is 6.04 Å². The Morgan fingerprint density at radius 3 is 2.76 bits per heavy atom. The first-order valence-electron chi connectivity index (χ1n) is 5.08. The SMILES string of the molecule is CC(CCS(C)=O)Nc1ncnc(NN)c1Br. The Morgan fingerprint density at radius 1 is 1.53 bits per heavy atom. The van der Waals surface area contributed by atoms with Crippen LogP contribution in [0.15, 0.2) is 10.8 Å². The van der Waals surface area contributed by atoms with Gasteiger partial charge < -0.3 is 10.7 Å². The smallest absolute Gasteiger partial charge is 0.159 e. The summed E-state index contributed by atoms with van der Waals surface area (Å²) in [6, 6.07) is 0.177. The second kappa shape index (κ2) is 6.87. The molecule has 0 aliphatic carbocycles. The van der Waals surface area contributed by atoms with E-state index in [1.807, 2.05) is 6.92 Å². The lowest BCUT2D eigenvalue weighted by Crippen LogP contribution is -2.20. The molecule has 0 aliphatic heterocycles. The molecule has 0 saturated carbocycles. The number of hydrazine groups is 1. The standard InChI is InChI=1S/C9H16BrN5OS/c1-6(3-4-17(2)16)14-8-7(10)9(15-11)13-5-12-8/h5-6H,3-4,11H2,1-2H3,(H2,12,13,14,15). The van der Waals surface area contributed by atoms with Gasteiger partial charge >= 0.3 is 0 Å². The Balaban J connectivity index is 2.64. The van der Waals surface area contributed by atoms with Crippen molar-refractivity contribution < 1.29 is 4.21 Å². The lowest BCUT2D eigenvalue weighted by atomic mass is 10.2.